The molecular formula is C19H26N4O5S2. The quantitative estimate of drug-likeness (QED) is 0.685. The summed E-state index contributed by atoms with van der Waals surface area (Å²) >= 11 is 1.16. The van der Waals surface area contributed by atoms with Gasteiger partial charge in [0.1, 0.15) is 16.3 Å². The van der Waals surface area contributed by atoms with Crippen LogP contribution in [0.3, 0.4) is 0 Å². The molecule has 0 unspecified atom stereocenters. The topological polar surface area (TPSA) is 107 Å². The van der Waals surface area contributed by atoms with Gasteiger partial charge >= 0.3 is 6.03 Å². The fourth-order valence-corrected chi connectivity index (χ4v) is 7.16. The molecule has 0 bridgehead atoms. The number of hydrogen-bond acceptors (Lipinski definition) is 6. The molecule has 0 aromatic carbocycles. The molecule has 1 N–H and O–H groups in total. The van der Waals surface area contributed by atoms with E-state index in [1.807, 2.05) is 6.92 Å². The van der Waals surface area contributed by atoms with E-state index in [1.54, 1.807) is 17.5 Å². The van der Waals surface area contributed by atoms with Crippen LogP contribution in [0.2, 0.25) is 0 Å². The van der Waals surface area contributed by atoms with Gasteiger partial charge in [0.2, 0.25) is 5.91 Å². The third-order valence-electron chi connectivity index (χ3n) is 6.48. The number of thiophene rings is 1. The number of amides is 4. The summed E-state index contributed by atoms with van der Waals surface area (Å²) in [5, 5.41) is 4.56. The van der Waals surface area contributed by atoms with Crippen LogP contribution in [0.5, 0.6) is 0 Å². The summed E-state index contributed by atoms with van der Waals surface area (Å²) in [5.41, 5.74) is -0.886. The standard InChI is InChI=1S/C19H26N4O5S2/c1-14-5-2-3-7-19(14)17(25)23(18(26)20-19)13-15(24)21-8-10-22(11-9-21)30(27,28)16-6-4-12-29-16/h4,6,12,14H,2-3,5,7-11,13H2,1H3,(H,20,26)/t14-,19+/m1/s1. The number of carbonyl (C=O) groups is 3. The Balaban J connectivity index is 1.37. The molecule has 1 aromatic heterocycles. The van der Waals surface area contributed by atoms with Gasteiger partial charge in [-0.25, -0.2) is 13.2 Å². The monoisotopic (exact) mass is 454 g/mol. The number of sulfonamides is 1. The first-order valence-corrected chi connectivity index (χ1v) is 12.5. The lowest BCUT2D eigenvalue weighted by atomic mass is 9.73. The van der Waals surface area contributed by atoms with Crippen LogP contribution in [0, 0.1) is 5.92 Å². The van der Waals surface area contributed by atoms with Gasteiger partial charge in [-0.1, -0.05) is 25.8 Å². The summed E-state index contributed by atoms with van der Waals surface area (Å²) in [6.45, 7) is 2.50. The summed E-state index contributed by atoms with van der Waals surface area (Å²) in [5.74, 6) is -0.618. The maximum atomic E-state index is 13.0. The molecule has 2 aliphatic heterocycles. The highest BCUT2D eigenvalue weighted by atomic mass is 32.2. The number of imide groups is 1. The molecule has 3 aliphatic rings. The van der Waals surface area contributed by atoms with Gasteiger partial charge in [0.25, 0.3) is 15.9 Å². The van der Waals surface area contributed by atoms with Gasteiger partial charge in [-0.3, -0.25) is 14.5 Å². The SMILES string of the molecule is C[C@@H]1CCCC[C@]12NC(=O)N(CC(=O)N1CCN(S(=O)(=O)c3cccs3)CC1)C2=O. The largest absolute Gasteiger partial charge is 0.338 e. The second-order valence-corrected chi connectivity index (χ2v) is 11.3. The van der Waals surface area contributed by atoms with Crippen LogP contribution in [0.1, 0.15) is 32.6 Å². The lowest BCUT2D eigenvalue weighted by molar-refractivity contribution is -0.141. The van der Waals surface area contributed by atoms with Crippen molar-refractivity contribution in [2.24, 2.45) is 5.92 Å². The summed E-state index contributed by atoms with van der Waals surface area (Å²) < 4.78 is 26.9. The van der Waals surface area contributed by atoms with Crippen molar-refractivity contribution in [2.75, 3.05) is 32.7 Å². The first kappa shape index (κ1) is 21.3. The minimum absolute atomic E-state index is 0.0359. The van der Waals surface area contributed by atoms with Crippen LogP contribution in [-0.4, -0.2) is 78.6 Å². The molecule has 3 fully saturated rings. The third-order valence-corrected chi connectivity index (χ3v) is 9.75. The predicted octanol–water partition coefficient (Wildman–Crippen LogP) is 1.08. The molecule has 1 aromatic rings. The maximum absolute atomic E-state index is 13.0. The van der Waals surface area contributed by atoms with Gasteiger partial charge in [0, 0.05) is 26.2 Å². The van der Waals surface area contributed by atoms with Gasteiger partial charge in [-0.2, -0.15) is 4.31 Å². The van der Waals surface area contributed by atoms with E-state index in [0.29, 0.717) is 6.42 Å². The van der Waals surface area contributed by atoms with E-state index in [4.69, 9.17) is 0 Å². The first-order valence-electron chi connectivity index (χ1n) is 10.2. The Kier molecular flexibility index (Phi) is 5.62. The van der Waals surface area contributed by atoms with E-state index < -0.39 is 21.6 Å². The zero-order chi connectivity index (χ0) is 21.5. The van der Waals surface area contributed by atoms with Crippen molar-refractivity contribution in [3.8, 4) is 0 Å². The van der Waals surface area contributed by atoms with Crippen molar-refractivity contribution in [3.63, 3.8) is 0 Å². The lowest BCUT2D eigenvalue weighted by Crippen LogP contribution is -2.55. The van der Waals surface area contributed by atoms with Crippen LogP contribution in [0.15, 0.2) is 21.7 Å². The zero-order valence-corrected chi connectivity index (χ0v) is 18.5. The van der Waals surface area contributed by atoms with Crippen molar-refractivity contribution in [1.82, 2.24) is 19.4 Å². The Labute approximate surface area is 180 Å². The molecule has 1 saturated carbocycles. The summed E-state index contributed by atoms with van der Waals surface area (Å²) in [7, 11) is -3.55. The van der Waals surface area contributed by atoms with Gasteiger partial charge in [-0.15, -0.1) is 11.3 Å². The number of hydrogen-bond donors (Lipinski definition) is 1. The minimum atomic E-state index is -3.55. The zero-order valence-electron chi connectivity index (χ0n) is 16.9. The van der Waals surface area contributed by atoms with E-state index in [9.17, 15) is 22.8 Å². The number of nitrogens with zero attached hydrogens (tertiary/aromatic N) is 3. The molecule has 2 atom stereocenters. The van der Waals surface area contributed by atoms with Crippen molar-refractivity contribution in [2.45, 2.75) is 42.4 Å². The molecule has 3 heterocycles. The molecule has 4 rings (SSSR count). The number of rotatable bonds is 4. The summed E-state index contributed by atoms with van der Waals surface area (Å²) in [6, 6.07) is 2.74. The van der Waals surface area contributed by atoms with Crippen molar-refractivity contribution >= 4 is 39.2 Å². The number of carbonyl (C=O) groups excluding carboxylic acids is 3. The Morgan fingerprint density at radius 2 is 1.97 bits per heavy atom. The molecular weight excluding hydrogens is 428 g/mol. The predicted molar refractivity (Wildman–Crippen MR) is 110 cm³/mol. The second kappa shape index (κ2) is 7.93. The second-order valence-electron chi connectivity index (χ2n) is 8.16. The third kappa shape index (κ3) is 3.52. The van der Waals surface area contributed by atoms with Crippen molar-refractivity contribution in [1.29, 1.82) is 0 Å². The number of nitrogens with one attached hydrogen (secondary N) is 1. The fourth-order valence-electron chi connectivity index (χ4n) is 4.59. The van der Waals surface area contributed by atoms with Crippen LogP contribution < -0.4 is 5.32 Å². The van der Waals surface area contributed by atoms with E-state index in [0.717, 1.165) is 35.5 Å². The molecule has 4 amide bonds. The Bertz CT molecular complexity index is 940. The molecule has 30 heavy (non-hydrogen) atoms. The Morgan fingerprint density at radius 1 is 1.23 bits per heavy atom. The smallest absolute Gasteiger partial charge is 0.325 e. The van der Waals surface area contributed by atoms with Gasteiger partial charge in [0.05, 0.1) is 0 Å². The summed E-state index contributed by atoms with van der Waals surface area (Å²) in [6.07, 6.45) is 3.37. The molecule has 1 aliphatic carbocycles. The van der Waals surface area contributed by atoms with E-state index >= 15 is 0 Å². The molecule has 9 nitrogen and oxygen atoms in total. The van der Waals surface area contributed by atoms with E-state index in [2.05, 4.69) is 5.32 Å². The molecule has 164 valence electrons. The average molecular weight is 455 g/mol. The van der Waals surface area contributed by atoms with Crippen LogP contribution in [0.25, 0.3) is 0 Å². The number of piperazine rings is 1. The highest BCUT2D eigenvalue weighted by Crippen LogP contribution is 2.38. The van der Waals surface area contributed by atoms with E-state index in [-0.39, 0.29) is 54.7 Å². The molecule has 1 spiro atoms. The fraction of sp³-hybridized carbons (Fsp3) is 0.632. The summed E-state index contributed by atoms with van der Waals surface area (Å²) in [4.78, 5) is 40.8. The van der Waals surface area contributed by atoms with E-state index in [1.165, 1.54) is 9.21 Å². The lowest BCUT2D eigenvalue weighted by Gasteiger charge is -2.37. The Morgan fingerprint density at radius 3 is 2.60 bits per heavy atom. The highest BCUT2D eigenvalue weighted by Gasteiger charge is 2.55. The van der Waals surface area contributed by atoms with Gasteiger partial charge in [-0.05, 0) is 30.2 Å². The van der Waals surface area contributed by atoms with Crippen LogP contribution >= 0.6 is 11.3 Å². The number of urea groups is 1. The van der Waals surface area contributed by atoms with Gasteiger partial charge in [0.15, 0.2) is 0 Å². The van der Waals surface area contributed by atoms with Crippen LogP contribution in [-0.2, 0) is 19.6 Å². The Hall–Kier alpha value is -1.98. The molecule has 11 heteroatoms. The van der Waals surface area contributed by atoms with Gasteiger partial charge < -0.3 is 10.2 Å². The minimum Gasteiger partial charge on any atom is -0.338 e. The molecule has 0 radical (unpaired) electrons. The first-order chi connectivity index (χ1) is 14.3. The molecule has 2 saturated heterocycles. The average Bonchev–Trinajstić information content (AvgIpc) is 3.35. The highest BCUT2D eigenvalue weighted by molar-refractivity contribution is 7.91. The van der Waals surface area contributed by atoms with Crippen molar-refractivity contribution in [3.05, 3.63) is 17.5 Å². The normalized spacial score (nSPS) is 28.2. The maximum Gasteiger partial charge on any atom is 0.325 e. The van der Waals surface area contributed by atoms with Crippen LogP contribution in [0.4, 0.5) is 4.79 Å². The van der Waals surface area contributed by atoms with Crippen molar-refractivity contribution < 1.29 is 22.8 Å².